The predicted octanol–water partition coefficient (Wildman–Crippen LogP) is 6.88. The molecule has 4 aromatic rings. The minimum atomic E-state index is 0.0175. The van der Waals surface area contributed by atoms with Gasteiger partial charge in [-0.25, -0.2) is 9.97 Å². The lowest BCUT2D eigenvalue weighted by molar-refractivity contribution is 0.0706. The number of thiazole rings is 1. The molecule has 38 heavy (non-hydrogen) atoms. The van der Waals surface area contributed by atoms with Crippen LogP contribution in [-0.2, 0) is 6.54 Å². The lowest BCUT2D eigenvalue weighted by Crippen LogP contribution is -2.38. The molecule has 2 aromatic heterocycles. The van der Waals surface area contributed by atoms with Crippen LogP contribution in [0, 0.1) is 6.92 Å². The molecule has 3 heterocycles. The number of carbonyl (C=O) groups is 1. The van der Waals surface area contributed by atoms with Crippen LogP contribution in [0.3, 0.4) is 0 Å². The number of nitrogens with zero attached hydrogens (tertiary/aromatic N) is 5. The molecule has 0 spiro atoms. The maximum atomic E-state index is 13.3. The number of benzene rings is 2. The van der Waals surface area contributed by atoms with Gasteiger partial charge in [-0.15, -0.1) is 11.3 Å². The highest BCUT2D eigenvalue weighted by molar-refractivity contribution is 7.10. The number of halogens is 1. The Morgan fingerprint density at radius 3 is 2.39 bits per heavy atom. The zero-order chi connectivity index (χ0) is 26.6. The van der Waals surface area contributed by atoms with Gasteiger partial charge in [0.1, 0.15) is 5.69 Å². The Balaban J connectivity index is 1.19. The largest absolute Gasteiger partial charge is 0.372 e. The first-order valence-electron chi connectivity index (χ1n) is 13.3. The van der Waals surface area contributed by atoms with Crippen molar-refractivity contribution in [3.8, 4) is 11.3 Å². The molecule has 5 rings (SSSR count). The van der Waals surface area contributed by atoms with Crippen LogP contribution < -0.4 is 4.90 Å². The van der Waals surface area contributed by atoms with Crippen LogP contribution in [-0.4, -0.2) is 51.5 Å². The summed E-state index contributed by atoms with van der Waals surface area (Å²) < 4.78 is 2.02. The van der Waals surface area contributed by atoms with Gasteiger partial charge in [-0.2, -0.15) is 0 Å². The molecule has 0 aliphatic carbocycles. The van der Waals surface area contributed by atoms with Gasteiger partial charge in [0, 0.05) is 66.0 Å². The first-order chi connectivity index (χ1) is 18.5. The fourth-order valence-electron chi connectivity index (χ4n) is 5.12. The van der Waals surface area contributed by atoms with Crippen molar-refractivity contribution in [3.05, 3.63) is 87.2 Å². The first kappa shape index (κ1) is 26.4. The van der Waals surface area contributed by atoms with Crippen molar-refractivity contribution in [2.75, 3.05) is 31.1 Å². The smallest absolute Gasteiger partial charge is 0.274 e. The number of hydrogen-bond acceptors (Lipinski definition) is 5. The molecule has 0 bridgehead atoms. The second kappa shape index (κ2) is 11.7. The van der Waals surface area contributed by atoms with Gasteiger partial charge in [0.2, 0.25) is 0 Å². The Bertz CT molecular complexity index is 1370. The molecule has 6 nitrogen and oxygen atoms in total. The standard InChI is InChI=1S/C30H34ClN5OS/c1-4-34(5-2)26-12-8-23(9-13-26)27-19-38-29(33-27)24-14-16-35(17-15-24)30(37)28-21(3)36(20-32-28)18-22-6-10-25(31)11-7-22/h6-13,19-20,24H,4-5,14-18H2,1-3H3. The van der Waals surface area contributed by atoms with Crippen molar-refractivity contribution in [1.82, 2.24) is 19.4 Å². The molecule has 1 aliphatic rings. The number of likely N-dealkylation sites (tertiary alicyclic amines) is 1. The number of hydrogen-bond donors (Lipinski definition) is 0. The summed E-state index contributed by atoms with van der Waals surface area (Å²) in [6.07, 6.45) is 3.60. The second-order valence-corrected chi connectivity index (χ2v) is 11.1. The molecule has 0 atom stereocenters. The van der Waals surface area contributed by atoms with E-state index in [9.17, 15) is 4.79 Å². The zero-order valence-electron chi connectivity index (χ0n) is 22.2. The Morgan fingerprint density at radius 2 is 1.74 bits per heavy atom. The van der Waals surface area contributed by atoms with Gasteiger partial charge in [0.05, 0.1) is 17.0 Å². The highest BCUT2D eigenvalue weighted by Crippen LogP contribution is 2.34. The van der Waals surface area contributed by atoms with Gasteiger partial charge in [-0.1, -0.05) is 35.9 Å². The average Bonchev–Trinajstić information content (AvgIpc) is 3.58. The van der Waals surface area contributed by atoms with E-state index in [-0.39, 0.29) is 5.91 Å². The van der Waals surface area contributed by atoms with E-state index in [1.165, 1.54) is 10.7 Å². The summed E-state index contributed by atoms with van der Waals surface area (Å²) in [5.41, 5.74) is 6.00. The number of imidazole rings is 1. The maximum absolute atomic E-state index is 13.3. The highest BCUT2D eigenvalue weighted by atomic mass is 35.5. The van der Waals surface area contributed by atoms with Crippen LogP contribution >= 0.6 is 22.9 Å². The summed E-state index contributed by atoms with van der Waals surface area (Å²) in [7, 11) is 0. The third-order valence-corrected chi connectivity index (χ3v) is 8.77. The van der Waals surface area contributed by atoms with E-state index in [0.717, 1.165) is 61.5 Å². The van der Waals surface area contributed by atoms with Crippen molar-refractivity contribution in [2.45, 2.75) is 46.1 Å². The van der Waals surface area contributed by atoms with E-state index in [4.69, 9.17) is 16.6 Å². The SMILES string of the molecule is CCN(CC)c1ccc(-c2csc(C3CCN(C(=O)c4ncn(Cc5ccc(Cl)cc5)c4C)CC3)n2)cc1. The molecular formula is C30H34ClN5OS. The van der Waals surface area contributed by atoms with Gasteiger partial charge in [-0.3, -0.25) is 4.79 Å². The van der Waals surface area contributed by atoms with Crippen LogP contribution in [0.15, 0.2) is 60.2 Å². The van der Waals surface area contributed by atoms with E-state index in [1.54, 1.807) is 17.7 Å². The van der Waals surface area contributed by atoms with E-state index in [1.807, 2.05) is 40.7 Å². The third-order valence-electron chi connectivity index (χ3n) is 7.51. The quantitative estimate of drug-likeness (QED) is 0.241. The Kier molecular flexibility index (Phi) is 8.15. The van der Waals surface area contributed by atoms with Gasteiger partial charge in [0.15, 0.2) is 0 Å². The number of piperidine rings is 1. The number of carbonyl (C=O) groups excluding carboxylic acids is 1. The summed E-state index contributed by atoms with van der Waals surface area (Å²) in [6.45, 7) is 10.4. The topological polar surface area (TPSA) is 54.3 Å². The molecule has 0 N–H and O–H groups in total. The first-order valence-corrected chi connectivity index (χ1v) is 14.6. The number of aromatic nitrogens is 3. The Labute approximate surface area is 233 Å². The van der Waals surface area contributed by atoms with Crippen LogP contribution in [0.1, 0.15) is 59.4 Å². The minimum absolute atomic E-state index is 0.0175. The van der Waals surface area contributed by atoms with Crippen molar-refractivity contribution in [3.63, 3.8) is 0 Å². The molecule has 0 radical (unpaired) electrons. The van der Waals surface area contributed by atoms with Crippen molar-refractivity contribution >= 4 is 34.5 Å². The van der Waals surface area contributed by atoms with Crippen LogP contribution in [0.4, 0.5) is 5.69 Å². The zero-order valence-corrected chi connectivity index (χ0v) is 23.8. The van der Waals surface area contributed by atoms with Crippen LogP contribution in [0.2, 0.25) is 5.02 Å². The summed E-state index contributed by atoms with van der Waals surface area (Å²) in [6, 6.07) is 16.5. The van der Waals surface area contributed by atoms with Gasteiger partial charge in [0.25, 0.3) is 5.91 Å². The highest BCUT2D eigenvalue weighted by Gasteiger charge is 2.28. The fourth-order valence-corrected chi connectivity index (χ4v) is 6.24. The van der Waals surface area contributed by atoms with Crippen molar-refractivity contribution in [1.29, 1.82) is 0 Å². The Morgan fingerprint density at radius 1 is 1.05 bits per heavy atom. The van der Waals surface area contributed by atoms with Gasteiger partial charge >= 0.3 is 0 Å². The Hall–Kier alpha value is -3.16. The van der Waals surface area contributed by atoms with Crippen LogP contribution in [0.5, 0.6) is 0 Å². The molecule has 0 saturated carbocycles. The molecule has 8 heteroatoms. The minimum Gasteiger partial charge on any atom is -0.372 e. The van der Waals surface area contributed by atoms with E-state index < -0.39 is 0 Å². The monoisotopic (exact) mass is 547 g/mol. The molecule has 198 valence electrons. The second-order valence-electron chi connectivity index (χ2n) is 9.79. The van der Waals surface area contributed by atoms with Crippen LogP contribution in [0.25, 0.3) is 11.3 Å². The van der Waals surface area contributed by atoms with Crippen molar-refractivity contribution < 1.29 is 4.79 Å². The molecule has 1 fully saturated rings. The molecule has 2 aromatic carbocycles. The molecule has 0 unspecified atom stereocenters. The average molecular weight is 548 g/mol. The normalized spacial score (nSPS) is 14.2. The summed E-state index contributed by atoms with van der Waals surface area (Å²) >= 11 is 7.74. The molecule has 1 amide bonds. The summed E-state index contributed by atoms with van der Waals surface area (Å²) in [4.78, 5) is 27.1. The molecular weight excluding hydrogens is 514 g/mol. The van der Waals surface area contributed by atoms with E-state index in [0.29, 0.717) is 23.2 Å². The predicted molar refractivity (Wildman–Crippen MR) is 157 cm³/mol. The summed E-state index contributed by atoms with van der Waals surface area (Å²) in [5.74, 6) is 0.403. The third kappa shape index (κ3) is 5.64. The van der Waals surface area contributed by atoms with Crippen molar-refractivity contribution in [2.24, 2.45) is 0 Å². The molecule has 1 saturated heterocycles. The maximum Gasteiger partial charge on any atom is 0.274 e. The fraction of sp³-hybridized carbons (Fsp3) is 0.367. The molecule has 1 aliphatic heterocycles. The van der Waals surface area contributed by atoms with E-state index >= 15 is 0 Å². The summed E-state index contributed by atoms with van der Waals surface area (Å²) in [5, 5.41) is 4.05. The lowest BCUT2D eigenvalue weighted by Gasteiger charge is -2.30. The number of rotatable bonds is 8. The lowest BCUT2D eigenvalue weighted by atomic mass is 9.97. The van der Waals surface area contributed by atoms with Gasteiger partial charge < -0.3 is 14.4 Å². The van der Waals surface area contributed by atoms with E-state index in [2.05, 4.69) is 53.4 Å². The number of amides is 1. The number of anilines is 1. The van der Waals surface area contributed by atoms with Gasteiger partial charge in [-0.05, 0) is 63.4 Å².